The third-order valence-electron chi connectivity index (χ3n) is 7.15. The number of piperidine rings is 1. The lowest BCUT2D eigenvalue weighted by atomic mass is 9.87. The molecule has 2 aliphatic rings. The van der Waals surface area contributed by atoms with E-state index in [0.29, 0.717) is 18.4 Å². The number of carbonyl (C=O) groups is 1. The summed E-state index contributed by atoms with van der Waals surface area (Å²) in [6.45, 7) is 7.57. The van der Waals surface area contributed by atoms with Gasteiger partial charge in [0.15, 0.2) is 11.4 Å². The number of rotatable bonds is 9. The van der Waals surface area contributed by atoms with Crippen LogP contribution in [-0.4, -0.2) is 48.1 Å². The number of aromatic nitrogens is 1. The van der Waals surface area contributed by atoms with Crippen molar-refractivity contribution in [1.29, 1.82) is 0 Å². The Morgan fingerprint density at radius 3 is 2.79 bits per heavy atom. The Kier molecular flexibility index (Phi) is 7.65. The molecule has 1 fully saturated rings. The highest BCUT2D eigenvalue weighted by molar-refractivity contribution is 5.80. The van der Waals surface area contributed by atoms with Crippen molar-refractivity contribution in [2.45, 2.75) is 70.8 Å². The van der Waals surface area contributed by atoms with Gasteiger partial charge >= 0.3 is 0 Å². The molecule has 6 nitrogen and oxygen atoms in total. The molecule has 1 aliphatic heterocycles. The number of allylic oxidation sites excluding steroid dienone is 2. The van der Waals surface area contributed by atoms with E-state index in [2.05, 4.69) is 30.0 Å². The third-order valence-corrected chi connectivity index (χ3v) is 7.15. The highest BCUT2D eigenvalue weighted by atomic mass is 19.1. The van der Waals surface area contributed by atoms with Crippen LogP contribution in [0.25, 0.3) is 11.0 Å². The van der Waals surface area contributed by atoms with E-state index in [1.807, 2.05) is 12.2 Å². The molecule has 0 N–H and O–H groups in total. The fourth-order valence-electron chi connectivity index (χ4n) is 5.22. The van der Waals surface area contributed by atoms with Gasteiger partial charge in [0.2, 0.25) is 0 Å². The predicted octanol–water partition coefficient (Wildman–Crippen LogP) is 5.74. The summed E-state index contributed by atoms with van der Waals surface area (Å²) in [7, 11) is 1.68. The molecular weight excluding hydrogens is 435 g/mol. The van der Waals surface area contributed by atoms with Gasteiger partial charge in [-0.1, -0.05) is 36.7 Å². The van der Waals surface area contributed by atoms with Crippen LogP contribution in [0.5, 0.6) is 0 Å². The van der Waals surface area contributed by atoms with Crippen molar-refractivity contribution in [2.75, 3.05) is 20.2 Å². The maximum Gasteiger partial charge on any atom is 0.193 e. The predicted molar refractivity (Wildman–Crippen MR) is 129 cm³/mol. The van der Waals surface area contributed by atoms with E-state index in [1.165, 1.54) is 17.7 Å². The smallest absolute Gasteiger partial charge is 0.193 e. The van der Waals surface area contributed by atoms with E-state index in [-0.39, 0.29) is 29.7 Å². The minimum absolute atomic E-state index is 0.0869. The van der Waals surface area contributed by atoms with Gasteiger partial charge in [-0.2, -0.15) is 0 Å². The Morgan fingerprint density at radius 2 is 2.12 bits per heavy atom. The van der Waals surface area contributed by atoms with Gasteiger partial charge in [0.1, 0.15) is 17.8 Å². The molecule has 1 aliphatic carbocycles. The van der Waals surface area contributed by atoms with Crippen molar-refractivity contribution in [3.8, 4) is 0 Å². The van der Waals surface area contributed by atoms with Crippen molar-refractivity contribution in [2.24, 2.45) is 5.92 Å². The van der Waals surface area contributed by atoms with Gasteiger partial charge < -0.3 is 18.8 Å². The molecule has 4 rings (SSSR count). The number of nitrogens with zero attached hydrogens (tertiary/aromatic N) is 2. The normalized spacial score (nSPS) is 23.7. The summed E-state index contributed by atoms with van der Waals surface area (Å²) in [6.07, 6.45) is 9.77. The van der Waals surface area contributed by atoms with Crippen LogP contribution in [0, 0.1) is 11.7 Å². The number of likely N-dealkylation sites (tertiary alicyclic amines) is 1. The summed E-state index contributed by atoms with van der Waals surface area (Å²) in [5.74, 6) is -0.536. The molecule has 1 aromatic heterocycles. The number of benzene rings is 1. The van der Waals surface area contributed by atoms with Crippen LogP contribution in [-0.2, 0) is 14.3 Å². The second-order valence-electron chi connectivity index (χ2n) is 9.60. The topological polar surface area (TPSA) is 64.8 Å². The quantitative estimate of drug-likeness (QED) is 0.435. The number of Topliss-reactive ketones (excluding diaryl/α,β-unsaturated/α-hetero) is 1. The summed E-state index contributed by atoms with van der Waals surface area (Å²) in [6, 6.07) is 4.61. The molecule has 0 radical (unpaired) electrons. The lowest BCUT2D eigenvalue weighted by Crippen LogP contribution is -2.48. The Balaban J connectivity index is 1.40. The molecule has 0 amide bonds. The first-order chi connectivity index (χ1) is 16.3. The van der Waals surface area contributed by atoms with E-state index in [4.69, 9.17) is 14.0 Å². The first kappa shape index (κ1) is 24.8. The van der Waals surface area contributed by atoms with Gasteiger partial charge in [-0.3, -0.25) is 4.90 Å². The molecule has 3 unspecified atom stereocenters. The second-order valence-corrected chi connectivity index (χ2v) is 9.60. The summed E-state index contributed by atoms with van der Waals surface area (Å²) in [5, 5.41) is 5.16. The van der Waals surface area contributed by atoms with Gasteiger partial charge in [0, 0.05) is 50.4 Å². The number of ketones is 1. The van der Waals surface area contributed by atoms with Crippen molar-refractivity contribution in [3.05, 3.63) is 53.5 Å². The van der Waals surface area contributed by atoms with Crippen LogP contribution in [0.15, 0.2) is 46.5 Å². The third kappa shape index (κ3) is 5.32. The maximum absolute atomic E-state index is 13.5. The number of ether oxygens (including phenoxy) is 2. The lowest BCUT2D eigenvalue weighted by Gasteiger charge is -2.42. The van der Waals surface area contributed by atoms with Crippen molar-refractivity contribution < 1.29 is 23.2 Å². The summed E-state index contributed by atoms with van der Waals surface area (Å²) >= 11 is 0. The Morgan fingerprint density at radius 1 is 1.35 bits per heavy atom. The van der Waals surface area contributed by atoms with E-state index < -0.39 is 5.79 Å². The molecule has 1 saturated heterocycles. The second kappa shape index (κ2) is 10.5. The molecule has 34 heavy (non-hydrogen) atoms. The van der Waals surface area contributed by atoms with Gasteiger partial charge in [-0.05, 0) is 50.3 Å². The van der Waals surface area contributed by atoms with Crippen LogP contribution in [0.4, 0.5) is 4.39 Å². The largest absolute Gasteiger partial charge is 0.356 e. The molecule has 2 aromatic rings. The van der Waals surface area contributed by atoms with E-state index in [1.54, 1.807) is 20.1 Å². The summed E-state index contributed by atoms with van der Waals surface area (Å²) < 4.78 is 31.4. The van der Waals surface area contributed by atoms with Gasteiger partial charge in [-0.15, -0.1) is 0 Å². The van der Waals surface area contributed by atoms with E-state index in [0.717, 1.165) is 43.4 Å². The van der Waals surface area contributed by atoms with Gasteiger partial charge in [-0.25, -0.2) is 4.39 Å². The molecule has 0 saturated carbocycles. The van der Waals surface area contributed by atoms with E-state index >= 15 is 0 Å². The number of hydrogen-bond acceptors (Lipinski definition) is 6. The standard InChI is InChI=1S/C27H35FN2O4/c1-5-25(33-27(32-4)12-6-7-21(17-27)18(2)15-19(3)31)30-13-10-20(11-14-30)26-23-9-8-22(28)16-24(23)34-29-26/h6-9,12,16,18,20,25H,5,10-11,13-15,17H2,1-4H3. The fourth-order valence-corrected chi connectivity index (χ4v) is 5.22. The molecule has 0 spiro atoms. The number of halogens is 1. The number of fused-ring (bicyclic) bond motifs is 1. The zero-order chi connectivity index (χ0) is 24.3. The summed E-state index contributed by atoms with van der Waals surface area (Å²) in [5.41, 5.74) is 2.59. The Labute approximate surface area is 200 Å². The molecular formula is C27H35FN2O4. The first-order valence-electron chi connectivity index (χ1n) is 12.2. The zero-order valence-electron chi connectivity index (χ0n) is 20.6. The van der Waals surface area contributed by atoms with Crippen LogP contribution < -0.4 is 0 Å². The summed E-state index contributed by atoms with van der Waals surface area (Å²) in [4.78, 5) is 14.0. The molecule has 184 valence electrons. The highest BCUT2D eigenvalue weighted by Gasteiger charge is 2.37. The molecule has 7 heteroatoms. The zero-order valence-corrected chi connectivity index (χ0v) is 20.6. The van der Waals surface area contributed by atoms with Crippen LogP contribution >= 0.6 is 0 Å². The van der Waals surface area contributed by atoms with Crippen LogP contribution in [0.3, 0.4) is 0 Å². The minimum atomic E-state index is -0.834. The van der Waals surface area contributed by atoms with Gasteiger partial charge in [0.05, 0.1) is 5.69 Å². The average molecular weight is 471 g/mol. The Hall–Kier alpha value is -2.35. The van der Waals surface area contributed by atoms with Crippen molar-refractivity contribution in [1.82, 2.24) is 10.1 Å². The van der Waals surface area contributed by atoms with Gasteiger partial charge in [0.25, 0.3) is 0 Å². The SMILES string of the molecule is CCC(OC1(OC)C=CC=C(C(C)CC(C)=O)C1)N1CCC(c2noc3cc(F)ccc23)CC1. The van der Waals surface area contributed by atoms with Crippen molar-refractivity contribution in [3.63, 3.8) is 0 Å². The van der Waals surface area contributed by atoms with Crippen LogP contribution in [0.2, 0.25) is 0 Å². The first-order valence-corrected chi connectivity index (χ1v) is 12.2. The molecule has 0 bridgehead atoms. The average Bonchev–Trinajstić information content (AvgIpc) is 3.25. The number of methoxy groups -OCH3 is 1. The molecule has 3 atom stereocenters. The fraction of sp³-hybridized carbons (Fsp3) is 0.556. The minimum Gasteiger partial charge on any atom is -0.356 e. The maximum atomic E-state index is 13.5. The molecule has 2 heterocycles. The Bertz CT molecular complexity index is 1070. The van der Waals surface area contributed by atoms with E-state index in [9.17, 15) is 9.18 Å². The highest BCUT2D eigenvalue weighted by Crippen LogP contribution is 2.37. The number of carbonyl (C=O) groups excluding carboxylic acids is 1. The lowest BCUT2D eigenvalue weighted by molar-refractivity contribution is -0.248. The molecule has 1 aromatic carbocycles. The van der Waals surface area contributed by atoms with Crippen LogP contribution in [0.1, 0.15) is 64.5 Å². The van der Waals surface area contributed by atoms with Crippen molar-refractivity contribution >= 4 is 16.8 Å². The monoisotopic (exact) mass is 470 g/mol. The number of hydrogen-bond donors (Lipinski definition) is 0.